The lowest BCUT2D eigenvalue weighted by atomic mass is 10.0. The van der Waals surface area contributed by atoms with Gasteiger partial charge in [0.1, 0.15) is 5.69 Å². The van der Waals surface area contributed by atoms with Gasteiger partial charge in [-0.15, -0.1) is 0 Å². The zero-order valence-electron chi connectivity index (χ0n) is 12.0. The smallest absolute Gasteiger partial charge is 0.292 e. The van der Waals surface area contributed by atoms with Gasteiger partial charge in [0.15, 0.2) is 0 Å². The highest BCUT2D eigenvalue weighted by atomic mass is 35.5. The number of rotatable bonds is 5. The summed E-state index contributed by atoms with van der Waals surface area (Å²) >= 11 is 5.90. The number of nitrogens with zero attached hydrogens (tertiary/aromatic N) is 1. The lowest BCUT2D eigenvalue weighted by molar-refractivity contribution is -0.384. The van der Waals surface area contributed by atoms with Gasteiger partial charge in [0.05, 0.1) is 4.92 Å². The number of benzene rings is 2. The van der Waals surface area contributed by atoms with E-state index in [0.29, 0.717) is 23.2 Å². The first-order chi connectivity index (χ1) is 9.97. The summed E-state index contributed by atoms with van der Waals surface area (Å²) in [7, 11) is 0. The maximum atomic E-state index is 11.0. The molecule has 21 heavy (non-hydrogen) atoms. The van der Waals surface area contributed by atoms with Crippen LogP contribution in [0.3, 0.4) is 0 Å². The van der Waals surface area contributed by atoms with Crippen molar-refractivity contribution in [3.63, 3.8) is 0 Å². The summed E-state index contributed by atoms with van der Waals surface area (Å²) in [5.74, 6) is 0.487. The van der Waals surface area contributed by atoms with Gasteiger partial charge in [-0.05, 0) is 29.2 Å². The van der Waals surface area contributed by atoms with E-state index in [1.54, 1.807) is 6.07 Å². The molecule has 0 heterocycles. The van der Waals surface area contributed by atoms with E-state index in [0.717, 1.165) is 5.56 Å². The Bertz CT molecular complexity index is 639. The van der Waals surface area contributed by atoms with Gasteiger partial charge in [-0.3, -0.25) is 10.1 Å². The zero-order valence-corrected chi connectivity index (χ0v) is 12.7. The van der Waals surface area contributed by atoms with Crippen molar-refractivity contribution in [2.24, 2.45) is 0 Å². The largest absolute Gasteiger partial charge is 0.375 e. The Hall–Kier alpha value is -2.07. The van der Waals surface area contributed by atoms with E-state index in [1.165, 1.54) is 17.7 Å². The molecule has 0 atom stereocenters. The van der Waals surface area contributed by atoms with Crippen LogP contribution in [0.15, 0.2) is 42.5 Å². The lowest BCUT2D eigenvalue weighted by Crippen LogP contribution is -2.03. The molecule has 5 heteroatoms. The van der Waals surface area contributed by atoms with Crippen LogP contribution in [-0.4, -0.2) is 4.92 Å². The third-order valence-electron chi connectivity index (χ3n) is 3.28. The standard InChI is InChI=1S/C16H17ClN2O2/c1-11(2)13-5-3-12(4-6-13)10-18-15-9-14(17)7-8-16(15)19(20)21/h3-9,11,18H,10H2,1-2H3. The van der Waals surface area contributed by atoms with Crippen molar-refractivity contribution in [3.8, 4) is 0 Å². The molecule has 0 saturated heterocycles. The van der Waals surface area contributed by atoms with Crippen molar-refractivity contribution in [1.29, 1.82) is 0 Å². The van der Waals surface area contributed by atoms with Crippen molar-refractivity contribution >= 4 is 23.0 Å². The molecular formula is C16H17ClN2O2. The number of hydrogen-bond acceptors (Lipinski definition) is 3. The molecule has 0 aliphatic rings. The van der Waals surface area contributed by atoms with Gasteiger partial charge in [0.2, 0.25) is 0 Å². The minimum Gasteiger partial charge on any atom is -0.375 e. The van der Waals surface area contributed by atoms with Crippen LogP contribution in [0.4, 0.5) is 11.4 Å². The van der Waals surface area contributed by atoms with Gasteiger partial charge in [0.25, 0.3) is 5.69 Å². The van der Waals surface area contributed by atoms with Crippen molar-refractivity contribution in [2.45, 2.75) is 26.3 Å². The summed E-state index contributed by atoms with van der Waals surface area (Å²) in [6.45, 7) is 4.80. The van der Waals surface area contributed by atoms with E-state index >= 15 is 0 Å². The van der Waals surface area contributed by atoms with E-state index in [2.05, 4.69) is 31.3 Å². The molecule has 0 amide bonds. The molecule has 0 unspecified atom stereocenters. The predicted octanol–water partition coefficient (Wildman–Crippen LogP) is 4.98. The molecule has 4 nitrogen and oxygen atoms in total. The monoisotopic (exact) mass is 304 g/mol. The maximum absolute atomic E-state index is 11.0. The Labute approximate surface area is 128 Å². The van der Waals surface area contributed by atoms with Crippen LogP contribution in [0, 0.1) is 10.1 Å². The normalized spacial score (nSPS) is 10.7. The number of nitro benzene ring substituents is 1. The number of hydrogen-bond donors (Lipinski definition) is 1. The van der Waals surface area contributed by atoms with Gasteiger partial charge in [-0.2, -0.15) is 0 Å². The van der Waals surface area contributed by atoms with Crippen LogP contribution in [0.1, 0.15) is 30.9 Å². The predicted molar refractivity (Wildman–Crippen MR) is 86.0 cm³/mol. The third-order valence-corrected chi connectivity index (χ3v) is 3.52. The first kappa shape index (κ1) is 15.3. The van der Waals surface area contributed by atoms with Crippen molar-refractivity contribution in [2.75, 3.05) is 5.32 Å². The summed E-state index contributed by atoms with van der Waals surface area (Å²) in [5, 5.41) is 14.5. The Morgan fingerprint density at radius 2 is 1.86 bits per heavy atom. The minimum atomic E-state index is -0.416. The molecule has 0 fully saturated rings. The second-order valence-electron chi connectivity index (χ2n) is 5.17. The number of nitrogens with one attached hydrogen (secondary N) is 1. The minimum absolute atomic E-state index is 0.0261. The van der Waals surface area contributed by atoms with E-state index in [-0.39, 0.29) is 5.69 Å². The number of nitro groups is 1. The average Bonchev–Trinajstić information content (AvgIpc) is 2.45. The quantitative estimate of drug-likeness (QED) is 0.626. The van der Waals surface area contributed by atoms with E-state index < -0.39 is 4.92 Å². The fourth-order valence-electron chi connectivity index (χ4n) is 2.03. The van der Waals surface area contributed by atoms with Crippen LogP contribution in [-0.2, 0) is 6.54 Å². The first-order valence-electron chi connectivity index (χ1n) is 6.74. The molecule has 0 radical (unpaired) electrons. The molecular weight excluding hydrogens is 288 g/mol. The van der Waals surface area contributed by atoms with Crippen LogP contribution in [0.5, 0.6) is 0 Å². The summed E-state index contributed by atoms with van der Waals surface area (Å²) < 4.78 is 0. The Morgan fingerprint density at radius 1 is 1.19 bits per heavy atom. The molecule has 0 aliphatic heterocycles. The van der Waals surface area contributed by atoms with Crippen LogP contribution in [0.25, 0.3) is 0 Å². The molecule has 2 aromatic rings. The number of halogens is 1. The second-order valence-corrected chi connectivity index (χ2v) is 5.60. The SMILES string of the molecule is CC(C)c1ccc(CNc2cc(Cl)ccc2[N+](=O)[O-])cc1. The fraction of sp³-hybridized carbons (Fsp3) is 0.250. The van der Waals surface area contributed by atoms with Gasteiger partial charge in [-0.25, -0.2) is 0 Å². The Kier molecular flexibility index (Phi) is 4.81. The van der Waals surface area contributed by atoms with E-state index in [1.807, 2.05) is 12.1 Å². The molecule has 2 rings (SSSR count). The van der Waals surface area contributed by atoms with Crippen LogP contribution >= 0.6 is 11.6 Å². The Balaban J connectivity index is 2.12. The molecule has 0 spiro atoms. The molecule has 2 aromatic carbocycles. The molecule has 0 aliphatic carbocycles. The summed E-state index contributed by atoms with van der Waals surface area (Å²) in [5.41, 5.74) is 2.79. The third kappa shape index (κ3) is 3.95. The zero-order chi connectivity index (χ0) is 15.4. The molecule has 0 saturated carbocycles. The van der Waals surface area contributed by atoms with Crippen molar-refractivity contribution < 1.29 is 4.92 Å². The maximum Gasteiger partial charge on any atom is 0.292 e. The summed E-state index contributed by atoms with van der Waals surface area (Å²) in [6.07, 6.45) is 0. The van der Waals surface area contributed by atoms with Crippen LogP contribution in [0.2, 0.25) is 5.02 Å². The highest BCUT2D eigenvalue weighted by molar-refractivity contribution is 6.31. The lowest BCUT2D eigenvalue weighted by Gasteiger charge is -2.09. The molecule has 0 aromatic heterocycles. The van der Waals surface area contributed by atoms with Crippen molar-refractivity contribution in [1.82, 2.24) is 0 Å². The van der Waals surface area contributed by atoms with E-state index in [4.69, 9.17) is 11.6 Å². The number of anilines is 1. The molecule has 0 bridgehead atoms. The highest BCUT2D eigenvalue weighted by Crippen LogP contribution is 2.28. The van der Waals surface area contributed by atoms with Crippen LogP contribution < -0.4 is 5.32 Å². The highest BCUT2D eigenvalue weighted by Gasteiger charge is 2.13. The van der Waals surface area contributed by atoms with Gasteiger partial charge in [0, 0.05) is 17.6 Å². The van der Waals surface area contributed by atoms with Gasteiger partial charge < -0.3 is 5.32 Å². The van der Waals surface area contributed by atoms with Gasteiger partial charge >= 0.3 is 0 Å². The summed E-state index contributed by atoms with van der Waals surface area (Å²) in [6, 6.07) is 12.7. The first-order valence-corrected chi connectivity index (χ1v) is 7.12. The molecule has 110 valence electrons. The van der Waals surface area contributed by atoms with Crippen molar-refractivity contribution in [3.05, 3.63) is 68.7 Å². The topological polar surface area (TPSA) is 55.2 Å². The molecule has 1 N–H and O–H groups in total. The Morgan fingerprint density at radius 3 is 2.43 bits per heavy atom. The van der Waals surface area contributed by atoms with Gasteiger partial charge in [-0.1, -0.05) is 49.7 Å². The second kappa shape index (κ2) is 6.59. The van der Waals surface area contributed by atoms with E-state index in [9.17, 15) is 10.1 Å². The fourth-order valence-corrected chi connectivity index (χ4v) is 2.20. The average molecular weight is 305 g/mol. The summed E-state index contributed by atoms with van der Waals surface area (Å²) in [4.78, 5) is 10.6.